The van der Waals surface area contributed by atoms with Crippen molar-refractivity contribution in [3.63, 3.8) is 0 Å². The van der Waals surface area contributed by atoms with Crippen LogP contribution >= 0.6 is 0 Å². The van der Waals surface area contributed by atoms with Crippen LogP contribution in [0.15, 0.2) is 64.1 Å². The minimum Gasteiger partial charge on any atom is -0.464 e. The lowest BCUT2D eigenvalue weighted by molar-refractivity contribution is 0.353. The molecule has 142 valence electrons. The summed E-state index contributed by atoms with van der Waals surface area (Å²) in [5.74, 6) is 0. The summed E-state index contributed by atoms with van der Waals surface area (Å²) in [6.07, 6.45) is 4.12. The van der Waals surface area contributed by atoms with Crippen LogP contribution in [-0.2, 0) is 10.0 Å². The molecule has 27 heavy (non-hydrogen) atoms. The predicted octanol–water partition coefficient (Wildman–Crippen LogP) is 3.74. The van der Waals surface area contributed by atoms with Crippen molar-refractivity contribution in [2.24, 2.45) is 0 Å². The number of likely N-dealkylation sites (tertiary alicyclic amines) is 1. The van der Waals surface area contributed by atoms with Crippen LogP contribution < -0.4 is 10.0 Å². The molecule has 0 radical (unpaired) electrons. The second-order valence-corrected chi connectivity index (χ2v) is 8.40. The van der Waals surface area contributed by atoms with Crippen molar-refractivity contribution in [3.05, 3.63) is 54.8 Å². The molecule has 2 N–H and O–H groups in total. The minimum atomic E-state index is -3.66. The second kappa shape index (κ2) is 7.62. The first-order chi connectivity index (χ1) is 13.1. The monoisotopic (exact) mass is 385 g/mol. The van der Waals surface area contributed by atoms with Gasteiger partial charge in [-0.3, -0.25) is 4.72 Å². The molecule has 1 aromatic heterocycles. The number of hydrogen-bond acceptors (Lipinski definition) is 5. The first kappa shape index (κ1) is 17.9. The standard InChI is InChI=1S/C20H23N3O3S/c24-27(25,16-6-2-1-3-7-16)22-18-8-9-19-17(10-15-26-19)20(18)21-11-14-23-12-4-5-13-23/h1-3,6-10,15,21-22H,4-5,11-14H2. The third-order valence-corrected chi connectivity index (χ3v) is 6.24. The first-order valence-corrected chi connectivity index (χ1v) is 10.7. The molecule has 1 saturated heterocycles. The molecule has 0 unspecified atom stereocenters. The molecule has 7 heteroatoms. The summed E-state index contributed by atoms with van der Waals surface area (Å²) in [5, 5.41) is 4.28. The lowest BCUT2D eigenvalue weighted by Crippen LogP contribution is -2.26. The molecular weight excluding hydrogens is 362 g/mol. The molecule has 1 aliphatic heterocycles. The zero-order valence-electron chi connectivity index (χ0n) is 15.0. The number of benzene rings is 2. The maximum absolute atomic E-state index is 12.7. The maximum atomic E-state index is 12.7. The molecule has 0 saturated carbocycles. The zero-order valence-corrected chi connectivity index (χ0v) is 15.8. The van der Waals surface area contributed by atoms with Crippen LogP contribution in [-0.4, -0.2) is 39.5 Å². The molecule has 2 aromatic carbocycles. The number of nitrogens with one attached hydrogen (secondary N) is 2. The Morgan fingerprint density at radius 1 is 1.00 bits per heavy atom. The van der Waals surface area contributed by atoms with Crippen LogP contribution in [0.4, 0.5) is 11.4 Å². The first-order valence-electron chi connectivity index (χ1n) is 9.18. The summed E-state index contributed by atoms with van der Waals surface area (Å²) in [6, 6.07) is 13.8. The fourth-order valence-corrected chi connectivity index (χ4v) is 4.56. The number of fused-ring (bicyclic) bond motifs is 1. The Morgan fingerprint density at radius 3 is 2.56 bits per heavy atom. The summed E-state index contributed by atoms with van der Waals surface area (Å²) in [6.45, 7) is 3.93. The van der Waals surface area contributed by atoms with E-state index in [1.165, 1.54) is 12.8 Å². The van der Waals surface area contributed by atoms with Gasteiger partial charge in [0.25, 0.3) is 10.0 Å². The van der Waals surface area contributed by atoms with Gasteiger partial charge >= 0.3 is 0 Å². The highest BCUT2D eigenvalue weighted by Crippen LogP contribution is 2.33. The number of furan rings is 1. The molecule has 0 amide bonds. The van der Waals surface area contributed by atoms with Gasteiger partial charge in [0, 0.05) is 18.5 Å². The van der Waals surface area contributed by atoms with Crippen molar-refractivity contribution in [3.8, 4) is 0 Å². The van der Waals surface area contributed by atoms with Crippen LogP contribution in [0.25, 0.3) is 11.0 Å². The van der Waals surface area contributed by atoms with Crippen molar-refractivity contribution in [2.45, 2.75) is 17.7 Å². The van der Waals surface area contributed by atoms with Crippen molar-refractivity contribution < 1.29 is 12.8 Å². The average Bonchev–Trinajstić information content (AvgIpc) is 3.35. The van der Waals surface area contributed by atoms with Gasteiger partial charge in [0.2, 0.25) is 0 Å². The Bertz CT molecular complexity index is 1010. The molecule has 4 rings (SSSR count). The molecule has 1 aliphatic rings. The van der Waals surface area contributed by atoms with Gasteiger partial charge in [-0.25, -0.2) is 8.42 Å². The molecular formula is C20H23N3O3S. The van der Waals surface area contributed by atoms with Crippen molar-refractivity contribution in [2.75, 3.05) is 36.2 Å². The highest BCUT2D eigenvalue weighted by atomic mass is 32.2. The minimum absolute atomic E-state index is 0.236. The largest absolute Gasteiger partial charge is 0.464 e. The van der Waals surface area contributed by atoms with Gasteiger partial charge in [0.05, 0.1) is 22.5 Å². The third-order valence-electron chi connectivity index (χ3n) is 4.86. The highest BCUT2D eigenvalue weighted by molar-refractivity contribution is 7.92. The van der Waals surface area contributed by atoms with E-state index in [-0.39, 0.29) is 4.90 Å². The van der Waals surface area contributed by atoms with E-state index in [1.807, 2.05) is 6.07 Å². The van der Waals surface area contributed by atoms with E-state index in [4.69, 9.17) is 4.42 Å². The van der Waals surface area contributed by atoms with Gasteiger partial charge in [0.1, 0.15) is 5.58 Å². The quantitative estimate of drug-likeness (QED) is 0.648. The second-order valence-electron chi connectivity index (χ2n) is 6.71. The van der Waals surface area contributed by atoms with Crippen molar-refractivity contribution in [1.82, 2.24) is 4.90 Å². The summed E-state index contributed by atoms with van der Waals surface area (Å²) in [5.41, 5.74) is 2.00. The zero-order chi connectivity index (χ0) is 18.7. The number of hydrogen-bond donors (Lipinski definition) is 2. The Kier molecular flexibility index (Phi) is 5.05. The number of anilines is 2. The van der Waals surface area contributed by atoms with E-state index < -0.39 is 10.0 Å². The summed E-state index contributed by atoms with van der Waals surface area (Å²) >= 11 is 0. The van der Waals surface area contributed by atoms with Crippen LogP contribution in [0.3, 0.4) is 0 Å². The van der Waals surface area contributed by atoms with Gasteiger partial charge in [-0.2, -0.15) is 0 Å². The molecule has 1 fully saturated rings. The Hall–Kier alpha value is -2.51. The van der Waals surface area contributed by atoms with Crippen LogP contribution in [0.1, 0.15) is 12.8 Å². The van der Waals surface area contributed by atoms with E-state index in [2.05, 4.69) is 14.9 Å². The van der Waals surface area contributed by atoms with Crippen molar-refractivity contribution in [1.29, 1.82) is 0 Å². The third kappa shape index (κ3) is 3.94. The van der Waals surface area contributed by atoms with Crippen LogP contribution in [0, 0.1) is 0 Å². The van der Waals surface area contributed by atoms with E-state index in [1.54, 1.807) is 48.7 Å². The van der Waals surface area contributed by atoms with Gasteiger partial charge in [-0.05, 0) is 56.3 Å². The average molecular weight is 385 g/mol. The van der Waals surface area contributed by atoms with Gasteiger partial charge in [-0.1, -0.05) is 18.2 Å². The lowest BCUT2D eigenvalue weighted by atomic mass is 10.2. The molecule has 2 heterocycles. The molecule has 0 spiro atoms. The normalized spacial score (nSPS) is 15.3. The fraction of sp³-hybridized carbons (Fsp3) is 0.300. The smallest absolute Gasteiger partial charge is 0.261 e. The van der Waals surface area contributed by atoms with E-state index in [9.17, 15) is 8.42 Å². The predicted molar refractivity (Wildman–Crippen MR) is 108 cm³/mol. The summed E-state index contributed by atoms with van der Waals surface area (Å²) in [4.78, 5) is 2.65. The van der Waals surface area contributed by atoms with Crippen LogP contribution in [0.2, 0.25) is 0 Å². The Balaban J connectivity index is 1.59. The van der Waals surface area contributed by atoms with Crippen LogP contribution in [0.5, 0.6) is 0 Å². The van der Waals surface area contributed by atoms with E-state index >= 15 is 0 Å². The summed E-state index contributed by atoms with van der Waals surface area (Å²) < 4.78 is 33.7. The molecule has 0 atom stereocenters. The lowest BCUT2D eigenvalue weighted by Gasteiger charge is -2.18. The van der Waals surface area contributed by atoms with Gasteiger partial charge in [-0.15, -0.1) is 0 Å². The number of nitrogens with zero attached hydrogens (tertiary/aromatic N) is 1. The Labute approximate surface area is 159 Å². The fourth-order valence-electron chi connectivity index (χ4n) is 3.47. The van der Waals surface area contributed by atoms with E-state index in [0.717, 1.165) is 42.8 Å². The SMILES string of the molecule is O=S(=O)(Nc1ccc2occc2c1NCCN1CCCC1)c1ccccc1. The highest BCUT2D eigenvalue weighted by Gasteiger charge is 2.18. The number of rotatable bonds is 7. The number of sulfonamides is 1. The summed E-state index contributed by atoms with van der Waals surface area (Å²) in [7, 11) is -3.66. The molecule has 6 nitrogen and oxygen atoms in total. The topological polar surface area (TPSA) is 74.6 Å². The maximum Gasteiger partial charge on any atom is 0.261 e. The molecule has 0 bridgehead atoms. The Morgan fingerprint density at radius 2 is 1.78 bits per heavy atom. The molecule has 0 aliphatic carbocycles. The van der Waals surface area contributed by atoms with Gasteiger partial charge in [0.15, 0.2) is 0 Å². The van der Waals surface area contributed by atoms with Gasteiger partial charge < -0.3 is 14.6 Å². The molecule has 3 aromatic rings. The van der Waals surface area contributed by atoms with Crippen molar-refractivity contribution >= 4 is 32.4 Å². The van der Waals surface area contributed by atoms with E-state index in [0.29, 0.717) is 5.69 Å².